The molecule has 114 valence electrons. The first-order chi connectivity index (χ1) is 11.2. The molecule has 1 unspecified atom stereocenters. The maximum atomic E-state index is 6.08. The van der Waals surface area contributed by atoms with Crippen LogP contribution in [0.1, 0.15) is 17.7 Å². The molecule has 1 atom stereocenters. The van der Waals surface area contributed by atoms with Crippen LogP contribution in [0.2, 0.25) is 0 Å². The largest absolute Gasteiger partial charge is 0.378 e. The maximum absolute atomic E-state index is 6.08. The van der Waals surface area contributed by atoms with Gasteiger partial charge in [0.25, 0.3) is 0 Å². The maximum Gasteiger partial charge on any atom is 0.161 e. The first-order valence-electron chi connectivity index (χ1n) is 7.44. The lowest BCUT2D eigenvalue weighted by molar-refractivity contribution is 1.13. The van der Waals surface area contributed by atoms with Crippen LogP contribution in [-0.4, -0.2) is 11.0 Å². The van der Waals surface area contributed by atoms with Gasteiger partial charge in [0.1, 0.15) is 0 Å². The second-order valence-electron chi connectivity index (χ2n) is 5.47. The second kappa shape index (κ2) is 5.59. The molecule has 0 spiro atoms. The summed E-state index contributed by atoms with van der Waals surface area (Å²) in [5.74, 6) is 0.699. The van der Waals surface area contributed by atoms with Gasteiger partial charge in [-0.15, -0.1) is 0 Å². The van der Waals surface area contributed by atoms with Crippen LogP contribution in [-0.2, 0) is 0 Å². The zero-order chi connectivity index (χ0) is 15.8. The second-order valence-corrected chi connectivity index (χ2v) is 6.60. The summed E-state index contributed by atoms with van der Waals surface area (Å²) in [6.45, 7) is 2.07. The average molecular weight is 320 g/mol. The van der Waals surface area contributed by atoms with E-state index >= 15 is 0 Å². The predicted molar refractivity (Wildman–Crippen MR) is 98.3 cm³/mol. The number of hydrogen-bond acceptors (Lipinski definition) is 5. The van der Waals surface area contributed by atoms with Gasteiger partial charge in [-0.2, -0.15) is 0 Å². The minimum Gasteiger partial charge on any atom is -0.378 e. The molecule has 0 radical (unpaired) electrons. The number of anilines is 1. The number of rotatable bonds is 1. The standard InChI is InChI=1S/C18H16N4S/c1-11-15-16(12-7-3-2-4-8-12)23-18(19)22-17(15)21-14-10-6-5-9-13(14)20-11/h2-10,16,20H,1H3,(H2,19,21,22). The van der Waals surface area contributed by atoms with Crippen LogP contribution in [0.25, 0.3) is 0 Å². The van der Waals surface area contributed by atoms with Gasteiger partial charge < -0.3 is 11.1 Å². The van der Waals surface area contributed by atoms with Gasteiger partial charge >= 0.3 is 0 Å². The highest BCUT2D eigenvalue weighted by atomic mass is 32.2. The normalized spacial score (nSPS) is 19.8. The Morgan fingerprint density at radius 3 is 2.57 bits per heavy atom. The number of para-hydroxylation sites is 2. The number of amidine groups is 2. The highest BCUT2D eigenvalue weighted by molar-refractivity contribution is 8.14. The highest BCUT2D eigenvalue weighted by Crippen LogP contribution is 2.44. The van der Waals surface area contributed by atoms with E-state index < -0.39 is 0 Å². The minimum absolute atomic E-state index is 0.0919. The van der Waals surface area contributed by atoms with E-state index in [0.29, 0.717) is 11.0 Å². The number of nitrogens with two attached hydrogens (primary N) is 1. The fourth-order valence-corrected chi connectivity index (χ4v) is 3.93. The Hall–Kier alpha value is -2.53. The zero-order valence-electron chi connectivity index (χ0n) is 12.7. The van der Waals surface area contributed by atoms with Crippen molar-refractivity contribution >= 4 is 34.1 Å². The van der Waals surface area contributed by atoms with Crippen molar-refractivity contribution in [2.45, 2.75) is 12.2 Å². The number of hydrogen-bond donors (Lipinski definition) is 2. The number of allylic oxidation sites excluding steroid dienone is 1. The van der Waals surface area contributed by atoms with Crippen molar-refractivity contribution in [1.29, 1.82) is 0 Å². The topological polar surface area (TPSA) is 62.8 Å². The average Bonchev–Trinajstić information content (AvgIpc) is 2.70. The Bertz CT molecular complexity index is 852. The SMILES string of the molecule is CC1=C2C(=Nc3ccccc3N1)N=C(N)SC2c1ccccc1. The summed E-state index contributed by atoms with van der Waals surface area (Å²) in [6.07, 6.45) is 0. The molecular weight excluding hydrogens is 304 g/mol. The van der Waals surface area contributed by atoms with Crippen LogP contribution < -0.4 is 11.1 Å². The van der Waals surface area contributed by atoms with E-state index in [1.807, 2.05) is 42.5 Å². The summed E-state index contributed by atoms with van der Waals surface area (Å²) in [5, 5.41) is 4.12. The quantitative estimate of drug-likeness (QED) is 0.827. The molecule has 23 heavy (non-hydrogen) atoms. The Morgan fingerprint density at radius 2 is 1.74 bits per heavy atom. The molecule has 0 aliphatic carbocycles. The smallest absolute Gasteiger partial charge is 0.161 e. The molecule has 2 aliphatic heterocycles. The van der Waals surface area contributed by atoms with Gasteiger partial charge in [-0.05, 0) is 24.6 Å². The van der Waals surface area contributed by atoms with Crippen molar-refractivity contribution in [2.75, 3.05) is 5.32 Å². The van der Waals surface area contributed by atoms with E-state index in [1.54, 1.807) is 11.8 Å². The minimum atomic E-state index is 0.0919. The Balaban J connectivity index is 1.91. The van der Waals surface area contributed by atoms with Crippen LogP contribution in [0.5, 0.6) is 0 Å². The van der Waals surface area contributed by atoms with Gasteiger partial charge in [0.15, 0.2) is 11.0 Å². The van der Waals surface area contributed by atoms with Crippen LogP contribution in [0.15, 0.2) is 75.9 Å². The lowest BCUT2D eigenvalue weighted by Gasteiger charge is -2.25. The molecular formula is C18H16N4S. The first kappa shape index (κ1) is 14.1. The number of nitrogens with zero attached hydrogens (tertiary/aromatic N) is 2. The summed E-state index contributed by atoms with van der Waals surface area (Å²) in [6, 6.07) is 18.3. The van der Waals surface area contributed by atoms with Gasteiger partial charge in [0.2, 0.25) is 0 Å². The van der Waals surface area contributed by atoms with E-state index in [1.165, 1.54) is 5.56 Å². The molecule has 3 N–H and O–H groups in total. The third-order valence-electron chi connectivity index (χ3n) is 3.92. The van der Waals surface area contributed by atoms with Gasteiger partial charge in [-0.1, -0.05) is 54.2 Å². The Labute approximate surface area is 139 Å². The molecule has 0 bridgehead atoms. The van der Waals surface area contributed by atoms with Crippen LogP contribution in [0, 0.1) is 0 Å². The summed E-state index contributed by atoms with van der Waals surface area (Å²) in [4.78, 5) is 9.25. The summed E-state index contributed by atoms with van der Waals surface area (Å²) in [5.41, 5.74) is 11.3. The number of aliphatic imine (C=N–C) groups is 2. The zero-order valence-corrected chi connectivity index (χ0v) is 13.5. The van der Waals surface area contributed by atoms with Gasteiger partial charge in [-0.25, -0.2) is 9.98 Å². The number of thioether (sulfide) groups is 1. The fraction of sp³-hybridized carbons (Fsp3) is 0.111. The molecule has 0 saturated carbocycles. The lowest BCUT2D eigenvalue weighted by Crippen LogP contribution is -2.23. The number of fused-ring (bicyclic) bond motifs is 2. The number of benzene rings is 2. The van der Waals surface area contributed by atoms with E-state index in [2.05, 4.69) is 29.4 Å². The molecule has 0 fully saturated rings. The van der Waals surface area contributed by atoms with Crippen molar-refractivity contribution in [3.63, 3.8) is 0 Å². The predicted octanol–water partition coefficient (Wildman–Crippen LogP) is 4.22. The number of nitrogens with one attached hydrogen (secondary N) is 1. The lowest BCUT2D eigenvalue weighted by atomic mass is 10.0. The first-order valence-corrected chi connectivity index (χ1v) is 8.32. The van der Waals surface area contributed by atoms with Crippen molar-refractivity contribution in [3.8, 4) is 0 Å². The molecule has 5 heteroatoms. The summed E-state index contributed by atoms with van der Waals surface area (Å²) >= 11 is 1.57. The van der Waals surface area contributed by atoms with E-state index in [0.717, 1.165) is 22.6 Å². The van der Waals surface area contributed by atoms with Crippen LogP contribution >= 0.6 is 11.8 Å². The molecule has 2 aliphatic rings. The monoisotopic (exact) mass is 320 g/mol. The summed E-state index contributed by atoms with van der Waals surface area (Å²) in [7, 11) is 0. The van der Waals surface area contributed by atoms with Crippen molar-refractivity contribution in [1.82, 2.24) is 0 Å². The molecule has 4 nitrogen and oxygen atoms in total. The van der Waals surface area contributed by atoms with E-state index in [-0.39, 0.29) is 5.25 Å². The van der Waals surface area contributed by atoms with Gasteiger partial charge in [-0.3, -0.25) is 0 Å². The Morgan fingerprint density at radius 1 is 1.00 bits per heavy atom. The van der Waals surface area contributed by atoms with Gasteiger partial charge in [0.05, 0.1) is 16.6 Å². The van der Waals surface area contributed by atoms with Crippen molar-refractivity contribution < 1.29 is 0 Å². The Kier molecular flexibility index (Phi) is 3.42. The molecule has 4 rings (SSSR count). The van der Waals surface area contributed by atoms with Crippen LogP contribution in [0.4, 0.5) is 11.4 Å². The molecule has 2 aromatic rings. The molecule has 2 heterocycles. The van der Waals surface area contributed by atoms with Gasteiger partial charge in [0, 0.05) is 11.3 Å². The fourth-order valence-electron chi connectivity index (χ4n) is 2.86. The summed E-state index contributed by atoms with van der Waals surface area (Å²) < 4.78 is 0. The van der Waals surface area contributed by atoms with Crippen LogP contribution in [0.3, 0.4) is 0 Å². The van der Waals surface area contributed by atoms with E-state index in [4.69, 9.17) is 10.7 Å². The third kappa shape index (κ3) is 2.53. The highest BCUT2D eigenvalue weighted by Gasteiger charge is 2.31. The molecule has 0 amide bonds. The van der Waals surface area contributed by atoms with Crippen molar-refractivity contribution in [2.24, 2.45) is 15.7 Å². The van der Waals surface area contributed by atoms with E-state index in [9.17, 15) is 0 Å². The van der Waals surface area contributed by atoms with Crippen molar-refractivity contribution in [3.05, 3.63) is 71.4 Å². The third-order valence-corrected chi connectivity index (χ3v) is 4.99. The molecule has 2 aromatic carbocycles. The molecule has 0 saturated heterocycles. The molecule has 0 aromatic heterocycles.